The molecule has 1 amide bonds. The van der Waals surface area contributed by atoms with Crippen molar-refractivity contribution in [3.8, 4) is 11.8 Å². The van der Waals surface area contributed by atoms with E-state index in [-0.39, 0.29) is 12.5 Å². The summed E-state index contributed by atoms with van der Waals surface area (Å²) < 4.78 is 0. The molecule has 27 heavy (non-hydrogen) atoms. The minimum absolute atomic E-state index is 0.211. The summed E-state index contributed by atoms with van der Waals surface area (Å²) in [6.45, 7) is 0.211. The average Bonchev–Trinajstić information content (AvgIpc) is 2.73. The Morgan fingerprint density at radius 1 is 0.926 bits per heavy atom. The number of nitrogens with zero attached hydrogens (tertiary/aromatic N) is 4. The van der Waals surface area contributed by atoms with Gasteiger partial charge in [-0.05, 0) is 35.9 Å². The molecule has 0 aliphatic rings. The zero-order chi connectivity index (χ0) is 18.9. The first-order valence-corrected chi connectivity index (χ1v) is 8.34. The van der Waals surface area contributed by atoms with Gasteiger partial charge in [0.25, 0.3) is 5.91 Å². The molecule has 5 nitrogen and oxygen atoms in total. The Morgan fingerprint density at radius 2 is 1.56 bits per heavy atom. The second kappa shape index (κ2) is 8.91. The van der Waals surface area contributed by atoms with Gasteiger partial charge in [0.2, 0.25) is 0 Å². The third-order valence-corrected chi connectivity index (χ3v) is 3.84. The van der Waals surface area contributed by atoms with Crippen LogP contribution < -0.4 is 4.90 Å². The van der Waals surface area contributed by atoms with Gasteiger partial charge < -0.3 is 0 Å². The summed E-state index contributed by atoms with van der Waals surface area (Å²) in [5.74, 6) is 5.85. The van der Waals surface area contributed by atoms with Crippen molar-refractivity contribution in [1.29, 1.82) is 0 Å². The SMILES string of the molecule is [N-]=[N+]=Nc1ccccc1C(=O)N(CC#Cc1ccccc1)c1ccccc1. The van der Waals surface area contributed by atoms with Crippen molar-refractivity contribution in [3.63, 3.8) is 0 Å². The Kier molecular flexibility index (Phi) is 5.88. The van der Waals surface area contributed by atoms with Crippen LogP contribution >= 0.6 is 0 Å². The maximum Gasteiger partial charge on any atom is 0.259 e. The minimum atomic E-state index is -0.272. The van der Waals surface area contributed by atoms with Gasteiger partial charge in [-0.2, -0.15) is 0 Å². The Balaban J connectivity index is 1.95. The first kappa shape index (κ1) is 17.8. The van der Waals surface area contributed by atoms with E-state index in [2.05, 4.69) is 21.9 Å². The number of benzene rings is 3. The van der Waals surface area contributed by atoms with Crippen molar-refractivity contribution < 1.29 is 4.79 Å². The van der Waals surface area contributed by atoms with Crippen LogP contribution in [0.5, 0.6) is 0 Å². The lowest BCUT2D eigenvalue weighted by Gasteiger charge is -2.21. The molecule has 0 N–H and O–H groups in total. The quantitative estimate of drug-likeness (QED) is 0.271. The molecule has 0 unspecified atom stereocenters. The highest BCUT2D eigenvalue weighted by molar-refractivity contribution is 6.09. The van der Waals surface area contributed by atoms with Crippen LogP contribution in [0, 0.1) is 11.8 Å². The molecule has 0 aliphatic carbocycles. The minimum Gasteiger partial charge on any atom is -0.297 e. The Bertz CT molecular complexity index is 1030. The number of carbonyl (C=O) groups excluding carboxylic acids is 1. The first-order chi connectivity index (χ1) is 13.3. The molecule has 5 heteroatoms. The second-order valence-electron chi connectivity index (χ2n) is 5.60. The standard InChI is InChI=1S/C22H16N4O/c23-25-24-21-16-8-7-15-20(21)22(27)26(19-13-5-2-6-14-19)17-9-12-18-10-3-1-4-11-18/h1-8,10-11,13-16H,17H2. The molecule has 3 aromatic carbocycles. The van der Waals surface area contributed by atoms with Crippen molar-refractivity contribution in [1.82, 2.24) is 0 Å². The highest BCUT2D eigenvalue weighted by atomic mass is 16.2. The summed E-state index contributed by atoms with van der Waals surface area (Å²) in [6.07, 6.45) is 0. The number of hydrogen-bond donors (Lipinski definition) is 0. The normalized spacial score (nSPS) is 9.48. The molecule has 0 heterocycles. The van der Waals surface area contributed by atoms with Gasteiger partial charge in [-0.1, -0.05) is 71.6 Å². The van der Waals surface area contributed by atoms with Crippen LogP contribution in [0.4, 0.5) is 11.4 Å². The molecule has 0 aromatic heterocycles. The maximum absolute atomic E-state index is 13.2. The third kappa shape index (κ3) is 4.55. The Labute approximate surface area is 157 Å². The van der Waals surface area contributed by atoms with Crippen LogP contribution in [0.15, 0.2) is 90.0 Å². The fraction of sp³-hybridized carbons (Fsp3) is 0.0455. The molecule has 0 saturated heterocycles. The van der Waals surface area contributed by atoms with Gasteiger partial charge in [0.1, 0.15) is 0 Å². The molecule has 3 aromatic rings. The van der Waals surface area contributed by atoms with Crippen LogP contribution in [0.3, 0.4) is 0 Å². The van der Waals surface area contributed by atoms with E-state index in [1.54, 1.807) is 29.2 Å². The zero-order valence-electron chi connectivity index (χ0n) is 14.5. The molecular formula is C22H16N4O. The predicted molar refractivity (Wildman–Crippen MR) is 107 cm³/mol. The van der Waals surface area contributed by atoms with E-state index in [9.17, 15) is 4.79 Å². The van der Waals surface area contributed by atoms with Crippen molar-refractivity contribution in [2.75, 3.05) is 11.4 Å². The van der Waals surface area contributed by atoms with Gasteiger partial charge in [-0.3, -0.25) is 9.69 Å². The van der Waals surface area contributed by atoms with Crippen molar-refractivity contribution in [2.45, 2.75) is 0 Å². The van der Waals surface area contributed by atoms with E-state index in [1.165, 1.54) is 0 Å². The van der Waals surface area contributed by atoms with E-state index >= 15 is 0 Å². The summed E-state index contributed by atoms with van der Waals surface area (Å²) in [6, 6.07) is 25.6. The Hall–Kier alpha value is -4.00. The van der Waals surface area contributed by atoms with E-state index in [0.29, 0.717) is 11.3 Å². The summed E-state index contributed by atoms with van der Waals surface area (Å²) in [4.78, 5) is 17.5. The lowest BCUT2D eigenvalue weighted by molar-refractivity contribution is 0.0991. The number of anilines is 1. The second-order valence-corrected chi connectivity index (χ2v) is 5.60. The fourth-order valence-electron chi connectivity index (χ4n) is 2.57. The largest absolute Gasteiger partial charge is 0.297 e. The topological polar surface area (TPSA) is 69.1 Å². The maximum atomic E-state index is 13.2. The summed E-state index contributed by atoms with van der Waals surface area (Å²) in [7, 11) is 0. The summed E-state index contributed by atoms with van der Waals surface area (Å²) in [5.41, 5.74) is 11.0. The van der Waals surface area contributed by atoms with E-state index in [0.717, 1.165) is 11.3 Å². The number of rotatable bonds is 4. The average molecular weight is 352 g/mol. The summed E-state index contributed by atoms with van der Waals surface area (Å²) >= 11 is 0. The molecule has 0 saturated carbocycles. The van der Waals surface area contributed by atoms with Gasteiger partial charge >= 0.3 is 0 Å². The van der Waals surface area contributed by atoms with Gasteiger partial charge in [-0.25, -0.2) is 0 Å². The van der Waals surface area contributed by atoms with Crippen LogP contribution in [0.2, 0.25) is 0 Å². The fourth-order valence-corrected chi connectivity index (χ4v) is 2.57. The number of azide groups is 1. The lowest BCUT2D eigenvalue weighted by Crippen LogP contribution is -2.31. The van der Waals surface area contributed by atoms with Crippen molar-refractivity contribution >= 4 is 17.3 Å². The first-order valence-electron chi connectivity index (χ1n) is 8.34. The van der Waals surface area contributed by atoms with E-state index in [1.807, 2.05) is 60.7 Å². The van der Waals surface area contributed by atoms with Gasteiger partial charge in [-0.15, -0.1) is 0 Å². The number of para-hydroxylation sites is 1. The molecule has 0 atom stereocenters. The molecule has 0 fully saturated rings. The van der Waals surface area contributed by atoms with Gasteiger partial charge in [0.15, 0.2) is 0 Å². The Morgan fingerprint density at radius 3 is 2.26 bits per heavy atom. The van der Waals surface area contributed by atoms with Gasteiger partial charge in [0.05, 0.1) is 12.2 Å². The van der Waals surface area contributed by atoms with E-state index in [4.69, 9.17) is 5.53 Å². The van der Waals surface area contributed by atoms with Crippen LogP contribution in [0.1, 0.15) is 15.9 Å². The van der Waals surface area contributed by atoms with Crippen LogP contribution in [-0.4, -0.2) is 12.5 Å². The molecule has 0 spiro atoms. The molecule has 0 radical (unpaired) electrons. The number of carbonyl (C=O) groups is 1. The number of amides is 1. The van der Waals surface area contributed by atoms with Crippen molar-refractivity contribution in [3.05, 3.63) is 106 Å². The van der Waals surface area contributed by atoms with Crippen molar-refractivity contribution in [2.24, 2.45) is 5.11 Å². The van der Waals surface area contributed by atoms with Crippen LogP contribution in [-0.2, 0) is 0 Å². The highest BCUT2D eigenvalue weighted by Gasteiger charge is 2.19. The monoisotopic (exact) mass is 352 g/mol. The summed E-state index contributed by atoms with van der Waals surface area (Å²) in [5, 5.41) is 3.63. The lowest BCUT2D eigenvalue weighted by atomic mass is 10.1. The van der Waals surface area contributed by atoms with Crippen LogP contribution in [0.25, 0.3) is 10.4 Å². The molecule has 0 aliphatic heterocycles. The molecule has 130 valence electrons. The van der Waals surface area contributed by atoms with E-state index < -0.39 is 0 Å². The zero-order valence-corrected chi connectivity index (χ0v) is 14.5. The molecule has 3 rings (SSSR count). The predicted octanol–water partition coefficient (Wildman–Crippen LogP) is 5.33. The highest BCUT2D eigenvalue weighted by Crippen LogP contribution is 2.23. The number of hydrogen-bond acceptors (Lipinski definition) is 2. The third-order valence-electron chi connectivity index (χ3n) is 3.84. The van der Waals surface area contributed by atoms with Gasteiger partial charge in [0, 0.05) is 21.7 Å². The smallest absolute Gasteiger partial charge is 0.259 e. The molecule has 0 bridgehead atoms. The molecular weight excluding hydrogens is 336 g/mol.